The van der Waals surface area contributed by atoms with Gasteiger partial charge < -0.3 is 19.5 Å². The van der Waals surface area contributed by atoms with Gasteiger partial charge in [0.2, 0.25) is 0 Å². The summed E-state index contributed by atoms with van der Waals surface area (Å²) < 4.78 is 10.6. The van der Waals surface area contributed by atoms with Gasteiger partial charge in [0.15, 0.2) is 11.5 Å². The highest BCUT2D eigenvalue weighted by molar-refractivity contribution is 6.46. The number of rotatable bonds is 4. The van der Waals surface area contributed by atoms with E-state index in [1.807, 2.05) is 19.1 Å². The fourth-order valence-electron chi connectivity index (χ4n) is 3.23. The molecule has 1 atom stereocenters. The van der Waals surface area contributed by atoms with Crippen molar-refractivity contribution < 1.29 is 24.2 Å². The molecule has 0 aromatic heterocycles. The largest absolute Gasteiger partial charge is 0.507 e. The lowest BCUT2D eigenvalue weighted by molar-refractivity contribution is -0.139. The quantitative estimate of drug-likeness (QED) is 0.511. The summed E-state index contributed by atoms with van der Waals surface area (Å²) in [6.07, 6.45) is 0. The van der Waals surface area contributed by atoms with E-state index in [0.717, 1.165) is 5.56 Å². The Bertz CT molecular complexity index is 930. The number of likely N-dealkylation sites (tertiary alicyclic amines) is 1. The van der Waals surface area contributed by atoms with Gasteiger partial charge in [-0.05, 0) is 24.6 Å². The molecule has 1 fully saturated rings. The molecule has 3 rings (SSSR count). The van der Waals surface area contributed by atoms with Gasteiger partial charge in [0.05, 0.1) is 25.8 Å². The summed E-state index contributed by atoms with van der Waals surface area (Å²) in [6, 6.07) is 11.6. The molecular weight excluding hydrogens is 346 g/mol. The molecule has 140 valence electrons. The van der Waals surface area contributed by atoms with Crippen molar-refractivity contribution in [3.05, 3.63) is 64.7 Å². The fraction of sp³-hybridized carbons (Fsp3) is 0.238. The maximum atomic E-state index is 12.6. The third-order valence-corrected chi connectivity index (χ3v) is 4.72. The van der Waals surface area contributed by atoms with Crippen LogP contribution in [0.3, 0.4) is 0 Å². The normalized spacial score (nSPS) is 18.7. The predicted octanol–water partition coefficient (Wildman–Crippen LogP) is 3.06. The number of hydrogen-bond donors (Lipinski definition) is 1. The molecule has 1 aliphatic heterocycles. The Morgan fingerprint density at radius 2 is 1.63 bits per heavy atom. The van der Waals surface area contributed by atoms with Gasteiger partial charge in [0, 0.05) is 12.6 Å². The molecule has 1 saturated heterocycles. The van der Waals surface area contributed by atoms with Crippen molar-refractivity contribution >= 4 is 17.4 Å². The fourth-order valence-corrected chi connectivity index (χ4v) is 3.23. The van der Waals surface area contributed by atoms with Gasteiger partial charge in [-0.25, -0.2) is 0 Å². The second-order valence-electron chi connectivity index (χ2n) is 6.39. The predicted molar refractivity (Wildman–Crippen MR) is 101 cm³/mol. The first-order valence-corrected chi connectivity index (χ1v) is 8.42. The molecule has 1 aliphatic rings. The van der Waals surface area contributed by atoms with Crippen LogP contribution in [0.1, 0.15) is 22.7 Å². The van der Waals surface area contributed by atoms with Gasteiger partial charge in [-0.15, -0.1) is 0 Å². The molecule has 2 aromatic carbocycles. The highest BCUT2D eigenvalue weighted by atomic mass is 16.5. The lowest BCUT2D eigenvalue weighted by atomic mass is 9.95. The van der Waals surface area contributed by atoms with Crippen LogP contribution in [-0.4, -0.2) is 43.0 Å². The summed E-state index contributed by atoms with van der Waals surface area (Å²) in [5.41, 5.74) is 2.21. The van der Waals surface area contributed by atoms with Crippen molar-refractivity contribution in [2.75, 3.05) is 21.3 Å². The highest BCUT2D eigenvalue weighted by Gasteiger charge is 2.44. The van der Waals surface area contributed by atoms with Gasteiger partial charge in [-0.3, -0.25) is 9.59 Å². The number of aliphatic hydroxyl groups is 1. The average Bonchev–Trinajstić information content (AvgIpc) is 2.91. The van der Waals surface area contributed by atoms with Crippen molar-refractivity contribution in [1.82, 2.24) is 4.90 Å². The molecule has 2 aromatic rings. The molecule has 0 bridgehead atoms. The highest BCUT2D eigenvalue weighted by Crippen LogP contribution is 2.41. The molecule has 0 unspecified atom stereocenters. The van der Waals surface area contributed by atoms with Crippen molar-refractivity contribution in [3.63, 3.8) is 0 Å². The van der Waals surface area contributed by atoms with Gasteiger partial charge in [0.25, 0.3) is 11.7 Å². The Balaban J connectivity index is 2.17. The van der Waals surface area contributed by atoms with Crippen molar-refractivity contribution in [2.45, 2.75) is 13.0 Å². The number of carbonyl (C=O) groups is 2. The standard InChI is InChI=1S/C21H21NO5/c1-12-5-7-13(8-6-12)19(23)17-18(22(2)21(25)20(17)24)14-9-10-15(26-3)16(11-14)27-4/h5-11,18,23H,1-4H3/t18-/m1/s1. The molecule has 1 heterocycles. The number of hydrogen-bond acceptors (Lipinski definition) is 5. The molecule has 6 nitrogen and oxygen atoms in total. The number of likely N-dealkylation sites (N-methyl/N-ethyl adjacent to an activating group) is 1. The van der Waals surface area contributed by atoms with E-state index in [1.54, 1.807) is 30.3 Å². The molecule has 0 radical (unpaired) electrons. The summed E-state index contributed by atoms with van der Waals surface area (Å²) in [5, 5.41) is 10.8. The minimum Gasteiger partial charge on any atom is -0.507 e. The van der Waals surface area contributed by atoms with E-state index in [2.05, 4.69) is 0 Å². The number of aryl methyl sites for hydroxylation is 1. The average molecular weight is 367 g/mol. The summed E-state index contributed by atoms with van der Waals surface area (Å²) in [6.45, 7) is 1.93. The lowest BCUT2D eigenvalue weighted by Crippen LogP contribution is -2.24. The number of ether oxygens (including phenoxy) is 2. The zero-order valence-corrected chi connectivity index (χ0v) is 15.6. The SMILES string of the molecule is COc1ccc([C@@H]2C(=C(O)c3ccc(C)cc3)C(=O)C(=O)N2C)cc1OC. The maximum absolute atomic E-state index is 12.6. The zero-order chi connectivity index (χ0) is 19.7. The molecular formula is C21H21NO5. The summed E-state index contributed by atoms with van der Waals surface area (Å²) >= 11 is 0. The van der Waals surface area contributed by atoms with E-state index in [-0.39, 0.29) is 11.3 Å². The van der Waals surface area contributed by atoms with E-state index >= 15 is 0 Å². The first-order chi connectivity index (χ1) is 12.9. The first kappa shape index (κ1) is 18.5. The van der Waals surface area contributed by atoms with E-state index in [0.29, 0.717) is 22.6 Å². The van der Waals surface area contributed by atoms with Crippen LogP contribution < -0.4 is 9.47 Å². The Labute approximate surface area is 157 Å². The maximum Gasteiger partial charge on any atom is 0.295 e. The third kappa shape index (κ3) is 3.14. The number of carbonyl (C=O) groups excluding carboxylic acids is 2. The third-order valence-electron chi connectivity index (χ3n) is 4.72. The minimum atomic E-state index is -0.717. The van der Waals surface area contributed by atoms with Crippen molar-refractivity contribution in [1.29, 1.82) is 0 Å². The molecule has 0 saturated carbocycles. The van der Waals surface area contributed by atoms with E-state index in [1.165, 1.54) is 26.2 Å². The number of aliphatic hydroxyl groups excluding tert-OH is 1. The topological polar surface area (TPSA) is 76.1 Å². The van der Waals surface area contributed by atoms with Gasteiger partial charge in [-0.2, -0.15) is 0 Å². The van der Waals surface area contributed by atoms with Crippen molar-refractivity contribution in [3.8, 4) is 11.5 Å². The van der Waals surface area contributed by atoms with E-state index < -0.39 is 17.7 Å². The Morgan fingerprint density at radius 3 is 2.22 bits per heavy atom. The van der Waals surface area contributed by atoms with Crippen LogP contribution in [0.2, 0.25) is 0 Å². The minimum absolute atomic E-state index is 0.0542. The van der Waals surface area contributed by atoms with Crippen LogP contribution in [0.5, 0.6) is 11.5 Å². The van der Waals surface area contributed by atoms with Crippen LogP contribution in [0.15, 0.2) is 48.0 Å². The second-order valence-corrected chi connectivity index (χ2v) is 6.39. The summed E-state index contributed by atoms with van der Waals surface area (Å²) in [7, 11) is 4.58. The van der Waals surface area contributed by atoms with Crippen LogP contribution >= 0.6 is 0 Å². The van der Waals surface area contributed by atoms with Crippen LogP contribution in [0, 0.1) is 6.92 Å². The van der Waals surface area contributed by atoms with Crippen molar-refractivity contribution in [2.24, 2.45) is 0 Å². The number of Topliss-reactive ketones (excluding diaryl/α,β-unsaturated/α-hetero) is 1. The summed E-state index contributed by atoms with van der Waals surface area (Å²) in [4.78, 5) is 26.3. The number of amides is 1. The van der Waals surface area contributed by atoms with Crippen LogP contribution in [0.4, 0.5) is 0 Å². The Morgan fingerprint density at radius 1 is 1.00 bits per heavy atom. The molecule has 0 aliphatic carbocycles. The smallest absolute Gasteiger partial charge is 0.295 e. The number of benzene rings is 2. The Hall–Kier alpha value is -3.28. The molecule has 0 spiro atoms. The number of methoxy groups -OCH3 is 2. The van der Waals surface area contributed by atoms with Crippen LogP contribution in [0.25, 0.3) is 5.76 Å². The zero-order valence-electron chi connectivity index (χ0n) is 15.6. The van der Waals surface area contributed by atoms with E-state index in [4.69, 9.17) is 9.47 Å². The van der Waals surface area contributed by atoms with E-state index in [9.17, 15) is 14.7 Å². The monoisotopic (exact) mass is 367 g/mol. The van der Waals surface area contributed by atoms with Crippen LogP contribution in [-0.2, 0) is 9.59 Å². The first-order valence-electron chi connectivity index (χ1n) is 8.42. The molecule has 1 amide bonds. The Kier molecular flexibility index (Phi) is 4.90. The second kappa shape index (κ2) is 7.15. The number of ketones is 1. The van der Waals surface area contributed by atoms with Gasteiger partial charge >= 0.3 is 0 Å². The van der Waals surface area contributed by atoms with Gasteiger partial charge in [0.1, 0.15) is 5.76 Å². The lowest BCUT2D eigenvalue weighted by Gasteiger charge is -2.22. The molecule has 27 heavy (non-hydrogen) atoms. The number of nitrogens with zero attached hydrogens (tertiary/aromatic N) is 1. The molecule has 6 heteroatoms. The van der Waals surface area contributed by atoms with Gasteiger partial charge in [-0.1, -0.05) is 35.9 Å². The molecule has 1 N–H and O–H groups in total. The summed E-state index contributed by atoms with van der Waals surface area (Å²) in [5.74, 6) is -0.562.